The number of nitrogens with zero attached hydrogens (tertiary/aromatic N) is 2. The van der Waals surface area contributed by atoms with Crippen LogP contribution in [0.15, 0.2) is 28.1 Å². The van der Waals surface area contributed by atoms with E-state index in [-0.39, 0.29) is 18.7 Å². The summed E-state index contributed by atoms with van der Waals surface area (Å²) >= 11 is 1.40. The van der Waals surface area contributed by atoms with Gasteiger partial charge in [-0.1, -0.05) is 11.2 Å². The standard InChI is InChI=1S/C14H13F3N2O2S/c15-14(16,17)12-5-1-2-6-19(12)13(20)9-8-10(21-18-9)11-4-3-7-22-11/h3-4,7-8,12H,1-2,5-6H2. The molecule has 22 heavy (non-hydrogen) atoms. The molecule has 0 N–H and O–H groups in total. The highest BCUT2D eigenvalue weighted by molar-refractivity contribution is 7.13. The van der Waals surface area contributed by atoms with Crippen molar-refractivity contribution in [3.8, 4) is 10.6 Å². The van der Waals surface area contributed by atoms with Gasteiger partial charge in [-0.2, -0.15) is 13.2 Å². The van der Waals surface area contributed by atoms with Gasteiger partial charge in [0.1, 0.15) is 6.04 Å². The van der Waals surface area contributed by atoms with Gasteiger partial charge in [0.15, 0.2) is 11.5 Å². The van der Waals surface area contributed by atoms with E-state index in [0.29, 0.717) is 18.6 Å². The molecule has 0 saturated carbocycles. The van der Waals surface area contributed by atoms with Crippen LogP contribution < -0.4 is 0 Å². The lowest BCUT2D eigenvalue weighted by Crippen LogP contribution is -2.51. The first kappa shape index (κ1) is 15.1. The lowest BCUT2D eigenvalue weighted by molar-refractivity contribution is -0.183. The van der Waals surface area contributed by atoms with Crippen LogP contribution in [0.25, 0.3) is 10.6 Å². The van der Waals surface area contributed by atoms with Crippen molar-refractivity contribution < 1.29 is 22.5 Å². The highest BCUT2D eigenvalue weighted by Gasteiger charge is 2.46. The number of halogens is 3. The highest BCUT2D eigenvalue weighted by atomic mass is 32.1. The van der Waals surface area contributed by atoms with Gasteiger partial charge in [-0.05, 0) is 30.7 Å². The van der Waals surface area contributed by atoms with Gasteiger partial charge in [0.25, 0.3) is 5.91 Å². The Morgan fingerprint density at radius 1 is 1.41 bits per heavy atom. The minimum absolute atomic E-state index is 0.0646. The minimum atomic E-state index is -4.42. The number of piperidine rings is 1. The van der Waals surface area contributed by atoms with Crippen molar-refractivity contribution in [2.75, 3.05) is 6.54 Å². The van der Waals surface area contributed by atoms with Gasteiger partial charge in [0, 0.05) is 12.6 Å². The van der Waals surface area contributed by atoms with Crippen molar-refractivity contribution in [3.05, 3.63) is 29.3 Å². The molecule has 0 bridgehead atoms. The molecular formula is C14H13F3N2O2S. The topological polar surface area (TPSA) is 46.3 Å². The number of hydrogen-bond donors (Lipinski definition) is 0. The van der Waals surface area contributed by atoms with Gasteiger partial charge in [0.2, 0.25) is 0 Å². The summed E-state index contributed by atoms with van der Waals surface area (Å²) in [5.41, 5.74) is -0.0838. The van der Waals surface area contributed by atoms with Crippen molar-refractivity contribution in [2.24, 2.45) is 0 Å². The van der Waals surface area contributed by atoms with E-state index < -0.39 is 18.1 Å². The predicted octanol–water partition coefficient (Wildman–Crippen LogP) is 3.96. The zero-order valence-electron chi connectivity index (χ0n) is 11.5. The van der Waals surface area contributed by atoms with Crippen molar-refractivity contribution in [3.63, 3.8) is 0 Å². The Labute approximate surface area is 128 Å². The second-order valence-corrected chi connectivity index (χ2v) is 6.05. The number of hydrogen-bond acceptors (Lipinski definition) is 4. The van der Waals surface area contributed by atoms with Crippen molar-refractivity contribution in [1.82, 2.24) is 10.1 Å². The van der Waals surface area contributed by atoms with E-state index in [1.807, 2.05) is 11.4 Å². The number of carbonyl (C=O) groups is 1. The number of alkyl halides is 3. The van der Waals surface area contributed by atoms with Crippen LogP contribution in [-0.4, -0.2) is 34.7 Å². The SMILES string of the molecule is O=C(c1cc(-c2cccs2)on1)N1CCCCC1C(F)(F)F. The van der Waals surface area contributed by atoms with Gasteiger partial charge < -0.3 is 9.42 Å². The predicted molar refractivity (Wildman–Crippen MR) is 74.5 cm³/mol. The van der Waals surface area contributed by atoms with Crippen LogP contribution in [0.5, 0.6) is 0 Å². The van der Waals surface area contributed by atoms with Crippen LogP contribution in [0.2, 0.25) is 0 Å². The molecule has 1 aliphatic rings. The lowest BCUT2D eigenvalue weighted by atomic mass is 10.0. The molecule has 0 radical (unpaired) electrons. The third-order valence-corrected chi connectivity index (χ3v) is 4.52. The fourth-order valence-corrected chi connectivity index (χ4v) is 3.25. The molecule has 1 aliphatic heterocycles. The Morgan fingerprint density at radius 3 is 2.91 bits per heavy atom. The normalized spacial score (nSPS) is 19.4. The highest BCUT2D eigenvalue weighted by Crippen LogP contribution is 2.33. The van der Waals surface area contributed by atoms with Gasteiger partial charge >= 0.3 is 6.18 Å². The molecule has 2 aromatic heterocycles. The average molecular weight is 330 g/mol. The van der Waals surface area contributed by atoms with E-state index in [0.717, 1.165) is 9.78 Å². The number of carbonyl (C=O) groups excluding carboxylic acids is 1. The third kappa shape index (κ3) is 2.87. The lowest BCUT2D eigenvalue weighted by Gasteiger charge is -2.36. The summed E-state index contributed by atoms with van der Waals surface area (Å²) in [4.78, 5) is 14.0. The molecule has 1 fully saturated rings. The second-order valence-electron chi connectivity index (χ2n) is 5.11. The summed E-state index contributed by atoms with van der Waals surface area (Å²) in [6.07, 6.45) is -3.46. The van der Waals surface area contributed by atoms with Crippen LogP contribution >= 0.6 is 11.3 Å². The zero-order chi connectivity index (χ0) is 15.7. The first-order valence-electron chi connectivity index (χ1n) is 6.85. The molecule has 1 amide bonds. The van der Waals surface area contributed by atoms with Crippen molar-refractivity contribution >= 4 is 17.2 Å². The first-order valence-corrected chi connectivity index (χ1v) is 7.73. The summed E-state index contributed by atoms with van der Waals surface area (Å²) in [6.45, 7) is 0.0875. The van der Waals surface area contributed by atoms with Crippen LogP contribution in [0, 0.1) is 0 Å². The zero-order valence-corrected chi connectivity index (χ0v) is 12.3. The smallest absolute Gasteiger partial charge is 0.355 e. The molecule has 4 nitrogen and oxygen atoms in total. The maximum absolute atomic E-state index is 13.1. The fraction of sp³-hybridized carbons (Fsp3) is 0.429. The number of amides is 1. The monoisotopic (exact) mass is 330 g/mol. The Bertz CT molecular complexity index is 651. The molecule has 0 spiro atoms. The van der Waals surface area contributed by atoms with Crippen LogP contribution in [0.4, 0.5) is 13.2 Å². The summed E-state index contributed by atoms with van der Waals surface area (Å²) in [5.74, 6) is -0.340. The summed E-state index contributed by atoms with van der Waals surface area (Å²) in [5, 5.41) is 5.47. The Kier molecular flexibility index (Phi) is 3.94. The molecule has 8 heteroatoms. The summed E-state index contributed by atoms with van der Waals surface area (Å²) in [7, 11) is 0. The second kappa shape index (κ2) is 5.75. The van der Waals surface area contributed by atoms with Gasteiger partial charge in [0.05, 0.1) is 4.88 Å². The maximum Gasteiger partial charge on any atom is 0.408 e. The summed E-state index contributed by atoms with van der Waals surface area (Å²) < 4.78 is 44.3. The van der Waals surface area contributed by atoms with E-state index in [9.17, 15) is 18.0 Å². The van der Waals surface area contributed by atoms with E-state index in [4.69, 9.17) is 4.52 Å². The molecule has 1 unspecified atom stereocenters. The Morgan fingerprint density at radius 2 is 2.23 bits per heavy atom. The fourth-order valence-electron chi connectivity index (χ4n) is 2.57. The third-order valence-electron chi connectivity index (χ3n) is 3.63. The molecule has 3 heterocycles. The quantitative estimate of drug-likeness (QED) is 0.837. The Hall–Kier alpha value is -1.83. The van der Waals surface area contributed by atoms with E-state index in [2.05, 4.69) is 5.16 Å². The number of aromatic nitrogens is 1. The number of thiophene rings is 1. The largest absolute Gasteiger partial charge is 0.408 e. The molecule has 1 saturated heterocycles. The van der Waals surface area contributed by atoms with Crippen molar-refractivity contribution in [2.45, 2.75) is 31.5 Å². The molecule has 118 valence electrons. The van der Waals surface area contributed by atoms with Gasteiger partial charge in [-0.25, -0.2) is 0 Å². The molecule has 3 rings (SSSR count). The molecule has 0 aromatic carbocycles. The van der Waals surface area contributed by atoms with E-state index in [1.165, 1.54) is 17.4 Å². The maximum atomic E-state index is 13.1. The molecular weight excluding hydrogens is 317 g/mol. The van der Waals surface area contributed by atoms with Crippen LogP contribution in [-0.2, 0) is 0 Å². The van der Waals surface area contributed by atoms with Gasteiger partial charge in [-0.15, -0.1) is 11.3 Å². The average Bonchev–Trinajstić information content (AvgIpc) is 3.16. The number of likely N-dealkylation sites (tertiary alicyclic amines) is 1. The summed E-state index contributed by atoms with van der Waals surface area (Å²) in [6, 6.07) is 3.26. The van der Waals surface area contributed by atoms with Crippen LogP contribution in [0.3, 0.4) is 0 Å². The molecule has 2 aromatic rings. The Balaban J connectivity index is 1.83. The van der Waals surface area contributed by atoms with E-state index in [1.54, 1.807) is 6.07 Å². The van der Waals surface area contributed by atoms with E-state index >= 15 is 0 Å². The molecule has 1 atom stereocenters. The number of rotatable bonds is 2. The first-order chi connectivity index (χ1) is 10.5. The minimum Gasteiger partial charge on any atom is -0.355 e. The van der Waals surface area contributed by atoms with Crippen molar-refractivity contribution in [1.29, 1.82) is 0 Å². The van der Waals surface area contributed by atoms with Crippen LogP contribution in [0.1, 0.15) is 29.8 Å². The molecule has 0 aliphatic carbocycles. The van der Waals surface area contributed by atoms with Gasteiger partial charge in [-0.3, -0.25) is 4.79 Å².